The van der Waals surface area contributed by atoms with Crippen LogP contribution in [0.2, 0.25) is 0 Å². The lowest BCUT2D eigenvalue weighted by atomic mass is 10.1. The molecular formula is C5H8BrCl3. The standard InChI is InChI=1S/C5H8BrCl3/c1-3(4(2)6)5(7,8)9/h3-4H,1-2H3/t3-,4-/m0/s1. The van der Waals surface area contributed by atoms with Crippen LogP contribution in [0.4, 0.5) is 0 Å². The average Bonchev–Trinajstić information content (AvgIpc) is 1.62. The summed E-state index contributed by atoms with van der Waals surface area (Å²) in [5.41, 5.74) is 0. The highest BCUT2D eigenvalue weighted by Crippen LogP contribution is 2.38. The van der Waals surface area contributed by atoms with Crippen molar-refractivity contribution in [2.75, 3.05) is 0 Å². The van der Waals surface area contributed by atoms with Crippen molar-refractivity contribution >= 4 is 50.7 Å². The van der Waals surface area contributed by atoms with Crippen LogP contribution in [0.3, 0.4) is 0 Å². The zero-order chi connectivity index (χ0) is 7.65. The molecule has 2 atom stereocenters. The largest absolute Gasteiger partial charge is 0.194 e. The molecule has 0 aliphatic rings. The van der Waals surface area contributed by atoms with Crippen LogP contribution < -0.4 is 0 Å². The molecule has 0 fully saturated rings. The van der Waals surface area contributed by atoms with E-state index in [-0.39, 0.29) is 10.7 Å². The van der Waals surface area contributed by atoms with Gasteiger partial charge in [0.05, 0.1) is 0 Å². The third-order valence-corrected chi connectivity index (χ3v) is 3.03. The Balaban J connectivity index is 3.88. The Bertz CT molecular complexity index is 86.7. The minimum Gasteiger partial charge on any atom is -0.0889 e. The maximum atomic E-state index is 5.58. The highest BCUT2D eigenvalue weighted by Gasteiger charge is 2.31. The third kappa shape index (κ3) is 3.92. The molecular weight excluding hydrogens is 246 g/mol. The molecule has 0 amide bonds. The van der Waals surface area contributed by atoms with E-state index in [0.29, 0.717) is 0 Å². The van der Waals surface area contributed by atoms with Crippen LogP contribution in [0.1, 0.15) is 13.8 Å². The zero-order valence-corrected chi connectivity index (χ0v) is 9.02. The summed E-state index contributed by atoms with van der Waals surface area (Å²) >= 11 is 20.1. The zero-order valence-electron chi connectivity index (χ0n) is 5.17. The van der Waals surface area contributed by atoms with Gasteiger partial charge in [-0.25, -0.2) is 0 Å². The van der Waals surface area contributed by atoms with Crippen molar-refractivity contribution in [2.45, 2.75) is 22.5 Å². The van der Waals surface area contributed by atoms with Crippen molar-refractivity contribution in [1.82, 2.24) is 0 Å². The molecule has 0 aliphatic heterocycles. The van der Waals surface area contributed by atoms with E-state index >= 15 is 0 Å². The molecule has 0 aromatic heterocycles. The molecule has 0 spiro atoms. The predicted octanol–water partition coefficient (Wildman–Crippen LogP) is 3.78. The Hall–Kier alpha value is 1.35. The van der Waals surface area contributed by atoms with E-state index in [1.54, 1.807) is 0 Å². The molecule has 0 saturated heterocycles. The molecule has 0 aromatic rings. The van der Waals surface area contributed by atoms with E-state index in [0.717, 1.165) is 0 Å². The summed E-state index contributed by atoms with van der Waals surface area (Å²) in [6, 6.07) is 0. The fourth-order valence-electron chi connectivity index (χ4n) is 0.260. The highest BCUT2D eigenvalue weighted by molar-refractivity contribution is 9.09. The monoisotopic (exact) mass is 252 g/mol. The van der Waals surface area contributed by atoms with Gasteiger partial charge in [0.15, 0.2) is 3.79 Å². The molecule has 0 aromatic carbocycles. The van der Waals surface area contributed by atoms with Crippen LogP contribution in [-0.2, 0) is 0 Å². The molecule has 0 heterocycles. The summed E-state index contributed by atoms with van der Waals surface area (Å²) in [5, 5.41) is 0. The summed E-state index contributed by atoms with van der Waals surface area (Å²) < 4.78 is -1.15. The Morgan fingerprint density at radius 3 is 1.56 bits per heavy atom. The van der Waals surface area contributed by atoms with Crippen LogP contribution in [0.5, 0.6) is 0 Å². The number of alkyl halides is 4. The van der Waals surface area contributed by atoms with Crippen LogP contribution in [0.25, 0.3) is 0 Å². The second-order valence-electron chi connectivity index (χ2n) is 2.01. The average molecular weight is 254 g/mol. The van der Waals surface area contributed by atoms with Gasteiger partial charge in [-0.15, -0.1) is 0 Å². The maximum Gasteiger partial charge on any atom is 0.194 e. The minimum absolute atomic E-state index is 0.0301. The van der Waals surface area contributed by atoms with Crippen LogP contribution >= 0.6 is 50.7 Å². The first-order chi connectivity index (χ1) is 3.85. The van der Waals surface area contributed by atoms with Gasteiger partial charge in [0.2, 0.25) is 0 Å². The van der Waals surface area contributed by atoms with E-state index in [4.69, 9.17) is 34.8 Å². The molecule has 0 aliphatic carbocycles. The van der Waals surface area contributed by atoms with E-state index in [1.807, 2.05) is 13.8 Å². The Morgan fingerprint density at radius 2 is 1.56 bits per heavy atom. The first-order valence-electron chi connectivity index (χ1n) is 2.56. The van der Waals surface area contributed by atoms with E-state index < -0.39 is 3.79 Å². The quantitative estimate of drug-likeness (QED) is 0.625. The second-order valence-corrected chi connectivity index (χ2v) is 5.82. The first-order valence-corrected chi connectivity index (χ1v) is 4.61. The number of rotatable bonds is 1. The van der Waals surface area contributed by atoms with Gasteiger partial charge in [-0.3, -0.25) is 0 Å². The summed E-state index contributed by atoms with van der Waals surface area (Å²) in [7, 11) is 0. The molecule has 56 valence electrons. The normalized spacial score (nSPS) is 19.3. The van der Waals surface area contributed by atoms with Gasteiger partial charge in [0.25, 0.3) is 0 Å². The fraction of sp³-hybridized carbons (Fsp3) is 1.00. The Kier molecular flexibility index (Phi) is 4.21. The van der Waals surface area contributed by atoms with Crippen LogP contribution in [-0.4, -0.2) is 8.62 Å². The van der Waals surface area contributed by atoms with Gasteiger partial charge in [-0.05, 0) is 0 Å². The van der Waals surface area contributed by atoms with E-state index in [2.05, 4.69) is 15.9 Å². The number of hydrogen-bond acceptors (Lipinski definition) is 0. The molecule has 0 radical (unpaired) electrons. The van der Waals surface area contributed by atoms with Gasteiger partial charge in [-0.1, -0.05) is 64.6 Å². The molecule has 0 nitrogen and oxygen atoms in total. The van der Waals surface area contributed by atoms with Crippen molar-refractivity contribution in [1.29, 1.82) is 0 Å². The maximum absolute atomic E-state index is 5.58. The minimum atomic E-state index is -1.15. The lowest BCUT2D eigenvalue weighted by Crippen LogP contribution is -2.22. The second kappa shape index (κ2) is 3.66. The summed E-state index contributed by atoms with van der Waals surface area (Å²) in [6.45, 7) is 3.83. The van der Waals surface area contributed by atoms with Gasteiger partial charge < -0.3 is 0 Å². The molecule has 4 heteroatoms. The van der Waals surface area contributed by atoms with Crippen molar-refractivity contribution in [2.24, 2.45) is 5.92 Å². The number of halogens is 4. The topological polar surface area (TPSA) is 0 Å². The van der Waals surface area contributed by atoms with Crippen LogP contribution in [0, 0.1) is 5.92 Å². The Morgan fingerprint density at radius 1 is 1.22 bits per heavy atom. The Labute approximate surface area is 79.0 Å². The summed E-state index contributed by atoms with van der Waals surface area (Å²) in [4.78, 5) is 0.227. The van der Waals surface area contributed by atoms with Gasteiger partial charge in [0, 0.05) is 10.7 Å². The molecule has 9 heavy (non-hydrogen) atoms. The van der Waals surface area contributed by atoms with Crippen molar-refractivity contribution in [3.63, 3.8) is 0 Å². The smallest absolute Gasteiger partial charge is 0.0889 e. The van der Waals surface area contributed by atoms with Gasteiger partial charge in [-0.2, -0.15) is 0 Å². The SMILES string of the molecule is C[C@H](Br)[C@H](C)C(Cl)(Cl)Cl. The van der Waals surface area contributed by atoms with Gasteiger partial charge >= 0.3 is 0 Å². The van der Waals surface area contributed by atoms with Gasteiger partial charge in [0.1, 0.15) is 0 Å². The third-order valence-electron chi connectivity index (χ3n) is 1.21. The molecule has 0 N–H and O–H groups in total. The first kappa shape index (κ1) is 10.3. The predicted molar refractivity (Wildman–Crippen MR) is 47.8 cm³/mol. The number of hydrogen-bond donors (Lipinski definition) is 0. The lowest BCUT2D eigenvalue weighted by molar-refractivity contribution is 0.598. The molecule has 0 bridgehead atoms. The molecule has 0 saturated carbocycles. The van der Waals surface area contributed by atoms with E-state index in [1.165, 1.54) is 0 Å². The molecule has 0 rings (SSSR count). The van der Waals surface area contributed by atoms with Crippen molar-refractivity contribution in [3.8, 4) is 0 Å². The van der Waals surface area contributed by atoms with E-state index in [9.17, 15) is 0 Å². The summed E-state index contributed by atoms with van der Waals surface area (Å²) in [6.07, 6.45) is 0. The van der Waals surface area contributed by atoms with Crippen molar-refractivity contribution < 1.29 is 0 Å². The summed E-state index contributed by atoms with van der Waals surface area (Å²) in [5.74, 6) is 0.0301. The highest BCUT2D eigenvalue weighted by atomic mass is 79.9. The lowest BCUT2D eigenvalue weighted by Gasteiger charge is -2.21. The van der Waals surface area contributed by atoms with Crippen LogP contribution in [0.15, 0.2) is 0 Å². The molecule has 0 unspecified atom stereocenters. The fourth-order valence-corrected chi connectivity index (χ4v) is 1.68. The van der Waals surface area contributed by atoms with Crippen molar-refractivity contribution in [3.05, 3.63) is 0 Å².